The molecule has 2 N–H and O–H groups in total. The molecule has 24 heavy (non-hydrogen) atoms. The van der Waals surface area contributed by atoms with Gasteiger partial charge in [-0.25, -0.2) is 0 Å². The summed E-state index contributed by atoms with van der Waals surface area (Å²) >= 11 is 0. The molecule has 0 saturated carbocycles. The van der Waals surface area contributed by atoms with Crippen LogP contribution in [0.3, 0.4) is 0 Å². The summed E-state index contributed by atoms with van der Waals surface area (Å²) in [5, 5.41) is 0. The molecule has 0 bridgehead atoms. The van der Waals surface area contributed by atoms with E-state index in [1.165, 1.54) is 0 Å². The summed E-state index contributed by atoms with van der Waals surface area (Å²) in [7, 11) is 1.63. The molecule has 2 rings (SSSR count). The van der Waals surface area contributed by atoms with E-state index in [-0.39, 0.29) is 17.9 Å². The lowest BCUT2D eigenvalue weighted by atomic mass is 10.1. The van der Waals surface area contributed by atoms with Crippen molar-refractivity contribution in [1.29, 1.82) is 0 Å². The summed E-state index contributed by atoms with van der Waals surface area (Å²) in [4.78, 5) is 28.1. The van der Waals surface area contributed by atoms with Crippen LogP contribution in [0.5, 0.6) is 5.75 Å². The lowest BCUT2D eigenvalue weighted by molar-refractivity contribution is -0.138. The highest BCUT2D eigenvalue weighted by Gasteiger charge is 2.34. The number of nitrogens with two attached hydrogens (primary N) is 1. The number of piperazine rings is 1. The maximum atomic E-state index is 12.5. The van der Waals surface area contributed by atoms with E-state index in [4.69, 9.17) is 10.5 Å². The maximum Gasteiger partial charge on any atom is 0.236 e. The number of para-hydroxylation sites is 1. The number of amides is 2. The lowest BCUT2D eigenvalue weighted by Gasteiger charge is -2.42. The van der Waals surface area contributed by atoms with Crippen LogP contribution >= 0.6 is 0 Å². The number of methoxy groups -OCH3 is 1. The standard InChI is InChI=1S/C18H27N3O3/c1-13(2)21-11-10-20(12-15(21)18(19)23)17(22)9-8-14-6-4-5-7-16(14)24-3/h4-7,13,15H,8-12H2,1-3H3,(H2,19,23). The normalized spacial score (nSPS) is 18.7. The highest BCUT2D eigenvalue weighted by Crippen LogP contribution is 2.20. The van der Waals surface area contributed by atoms with Crippen molar-refractivity contribution >= 4 is 11.8 Å². The van der Waals surface area contributed by atoms with Crippen molar-refractivity contribution in [3.63, 3.8) is 0 Å². The van der Waals surface area contributed by atoms with Gasteiger partial charge in [-0.2, -0.15) is 0 Å². The average Bonchev–Trinajstić information content (AvgIpc) is 2.59. The highest BCUT2D eigenvalue weighted by atomic mass is 16.5. The van der Waals surface area contributed by atoms with Crippen molar-refractivity contribution < 1.29 is 14.3 Å². The van der Waals surface area contributed by atoms with Crippen molar-refractivity contribution in [2.45, 2.75) is 38.8 Å². The molecule has 0 spiro atoms. The molecule has 2 amide bonds. The molecule has 6 nitrogen and oxygen atoms in total. The van der Waals surface area contributed by atoms with Crippen molar-refractivity contribution in [2.24, 2.45) is 5.73 Å². The Bertz CT molecular complexity index is 589. The molecule has 0 aliphatic carbocycles. The fourth-order valence-electron chi connectivity index (χ4n) is 3.20. The van der Waals surface area contributed by atoms with E-state index in [9.17, 15) is 9.59 Å². The highest BCUT2D eigenvalue weighted by molar-refractivity contribution is 5.82. The second-order valence-corrected chi connectivity index (χ2v) is 6.40. The van der Waals surface area contributed by atoms with Crippen LogP contribution in [0.1, 0.15) is 25.8 Å². The van der Waals surface area contributed by atoms with Crippen LogP contribution in [0.4, 0.5) is 0 Å². The van der Waals surface area contributed by atoms with Gasteiger partial charge < -0.3 is 15.4 Å². The molecule has 1 aliphatic rings. The number of hydrogen-bond donors (Lipinski definition) is 1. The van der Waals surface area contributed by atoms with Gasteiger partial charge >= 0.3 is 0 Å². The second kappa shape index (κ2) is 8.15. The summed E-state index contributed by atoms with van der Waals surface area (Å²) < 4.78 is 5.32. The number of hydrogen-bond acceptors (Lipinski definition) is 4. The number of carbonyl (C=O) groups excluding carboxylic acids is 2. The smallest absolute Gasteiger partial charge is 0.236 e. The molecular weight excluding hydrogens is 306 g/mol. The summed E-state index contributed by atoms with van der Waals surface area (Å²) in [6.07, 6.45) is 1.02. The number of benzene rings is 1. The van der Waals surface area contributed by atoms with Gasteiger partial charge in [-0.1, -0.05) is 18.2 Å². The maximum absolute atomic E-state index is 12.5. The quantitative estimate of drug-likeness (QED) is 0.844. The molecule has 1 heterocycles. The molecule has 1 atom stereocenters. The fraction of sp³-hybridized carbons (Fsp3) is 0.556. The van der Waals surface area contributed by atoms with Crippen molar-refractivity contribution in [3.05, 3.63) is 29.8 Å². The summed E-state index contributed by atoms with van der Waals surface area (Å²) in [5.41, 5.74) is 6.54. The van der Waals surface area contributed by atoms with Crippen LogP contribution in [0.2, 0.25) is 0 Å². The third-order valence-electron chi connectivity index (χ3n) is 4.57. The Labute approximate surface area is 143 Å². The number of primary amides is 1. The third-order valence-corrected chi connectivity index (χ3v) is 4.57. The number of aryl methyl sites for hydroxylation is 1. The van der Waals surface area contributed by atoms with Gasteiger partial charge in [-0.3, -0.25) is 14.5 Å². The van der Waals surface area contributed by atoms with Gasteiger partial charge in [-0.05, 0) is 31.9 Å². The first kappa shape index (κ1) is 18.3. The Morgan fingerprint density at radius 2 is 2.00 bits per heavy atom. The first-order valence-corrected chi connectivity index (χ1v) is 8.38. The van der Waals surface area contributed by atoms with Gasteiger partial charge in [0.05, 0.1) is 7.11 Å². The second-order valence-electron chi connectivity index (χ2n) is 6.40. The SMILES string of the molecule is COc1ccccc1CCC(=O)N1CCN(C(C)C)C(C(N)=O)C1. The third kappa shape index (κ3) is 4.26. The zero-order valence-corrected chi connectivity index (χ0v) is 14.7. The monoisotopic (exact) mass is 333 g/mol. The van der Waals surface area contributed by atoms with Gasteiger partial charge in [0.25, 0.3) is 0 Å². The molecular formula is C18H27N3O3. The molecule has 132 valence electrons. The Morgan fingerprint density at radius 3 is 2.62 bits per heavy atom. The van der Waals surface area contributed by atoms with Gasteiger partial charge in [0, 0.05) is 32.1 Å². The number of nitrogens with zero attached hydrogens (tertiary/aromatic N) is 2. The van der Waals surface area contributed by atoms with Crippen molar-refractivity contribution in [2.75, 3.05) is 26.7 Å². The Morgan fingerprint density at radius 1 is 1.29 bits per heavy atom. The molecule has 1 aromatic rings. The summed E-state index contributed by atoms with van der Waals surface area (Å²) in [5.74, 6) is 0.478. The Kier molecular flexibility index (Phi) is 6.20. The van der Waals surface area contributed by atoms with E-state index in [0.29, 0.717) is 32.5 Å². The predicted molar refractivity (Wildman–Crippen MR) is 92.7 cm³/mol. The Hall–Kier alpha value is -2.08. The zero-order valence-electron chi connectivity index (χ0n) is 14.7. The first-order valence-electron chi connectivity index (χ1n) is 8.38. The first-order chi connectivity index (χ1) is 11.4. The van der Waals surface area contributed by atoms with E-state index >= 15 is 0 Å². The molecule has 0 radical (unpaired) electrons. The van der Waals surface area contributed by atoms with E-state index in [2.05, 4.69) is 4.90 Å². The predicted octanol–water partition coefficient (Wildman–Crippen LogP) is 1.03. The van der Waals surface area contributed by atoms with E-state index in [1.807, 2.05) is 38.1 Å². The molecule has 0 aromatic heterocycles. The molecule has 1 aliphatic heterocycles. The van der Waals surface area contributed by atoms with E-state index < -0.39 is 6.04 Å². The van der Waals surface area contributed by atoms with Crippen LogP contribution in [0.15, 0.2) is 24.3 Å². The van der Waals surface area contributed by atoms with Crippen molar-refractivity contribution in [3.8, 4) is 5.75 Å². The van der Waals surface area contributed by atoms with Gasteiger partial charge in [-0.15, -0.1) is 0 Å². The number of rotatable bonds is 6. The van der Waals surface area contributed by atoms with E-state index in [0.717, 1.165) is 11.3 Å². The summed E-state index contributed by atoms with van der Waals surface area (Å²) in [6.45, 7) is 5.75. The number of ether oxygens (including phenoxy) is 1. The van der Waals surface area contributed by atoms with Gasteiger partial charge in [0.1, 0.15) is 11.8 Å². The van der Waals surface area contributed by atoms with Crippen LogP contribution in [-0.2, 0) is 16.0 Å². The van der Waals surface area contributed by atoms with Crippen LogP contribution in [-0.4, -0.2) is 60.4 Å². The van der Waals surface area contributed by atoms with Crippen LogP contribution in [0, 0.1) is 0 Å². The molecule has 1 unspecified atom stereocenters. The minimum Gasteiger partial charge on any atom is -0.496 e. The van der Waals surface area contributed by atoms with Crippen LogP contribution in [0.25, 0.3) is 0 Å². The average molecular weight is 333 g/mol. The summed E-state index contributed by atoms with van der Waals surface area (Å²) in [6, 6.07) is 7.53. The molecule has 1 fully saturated rings. The Balaban J connectivity index is 1.96. The fourth-order valence-corrected chi connectivity index (χ4v) is 3.20. The van der Waals surface area contributed by atoms with Gasteiger partial charge in [0.2, 0.25) is 11.8 Å². The molecule has 1 saturated heterocycles. The molecule has 1 aromatic carbocycles. The largest absolute Gasteiger partial charge is 0.496 e. The lowest BCUT2D eigenvalue weighted by Crippen LogP contribution is -2.61. The topological polar surface area (TPSA) is 75.9 Å². The van der Waals surface area contributed by atoms with E-state index in [1.54, 1.807) is 12.0 Å². The minimum atomic E-state index is -0.408. The van der Waals surface area contributed by atoms with Crippen LogP contribution < -0.4 is 10.5 Å². The zero-order chi connectivity index (χ0) is 17.7. The minimum absolute atomic E-state index is 0.0514. The molecule has 6 heteroatoms. The van der Waals surface area contributed by atoms with Crippen molar-refractivity contribution in [1.82, 2.24) is 9.80 Å². The number of carbonyl (C=O) groups is 2. The van der Waals surface area contributed by atoms with Gasteiger partial charge in [0.15, 0.2) is 0 Å².